The fourth-order valence-electron chi connectivity index (χ4n) is 4.27. The summed E-state index contributed by atoms with van der Waals surface area (Å²) in [6.07, 6.45) is -3.30. The minimum absolute atomic E-state index is 0.0155. The van der Waals surface area contributed by atoms with Gasteiger partial charge in [0.15, 0.2) is 0 Å². The molecule has 186 valence electrons. The number of allylic oxidation sites excluding steroid dienone is 1. The normalized spacial score (nSPS) is 24.7. The van der Waals surface area contributed by atoms with E-state index in [-0.39, 0.29) is 11.5 Å². The van der Waals surface area contributed by atoms with Gasteiger partial charge >= 0.3 is 0 Å². The maximum absolute atomic E-state index is 11.1. The standard InChI is InChI=1S/C27H36O7/c1-5-6-7-8-17-12-20(29)23(19-11-16(4)9-10-18(19)15(2)3)21(13-17)33-27-26(32)25(31)24(30)22(14-28)34-27/h9-13,22,24-32H,2,5-8,14H2,1,3-4H3/t22-,24-,25+,26-,27-/m1/s1. The Morgan fingerprint density at radius 2 is 1.79 bits per heavy atom. The topological polar surface area (TPSA) is 120 Å². The molecule has 0 spiro atoms. The molecule has 7 nitrogen and oxygen atoms in total. The van der Waals surface area contributed by atoms with Crippen LogP contribution in [0, 0.1) is 6.92 Å². The number of aromatic hydroxyl groups is 1. The van der Waals surface area contributed by atoms with Gasteiger partial charge in [0, 0.05) is 0 Å². The number of phenols is 1. The van der Waals surface area contributed by atoms with Crippen molar-refractivity contribution in [1.82, 2.24) is 0 Å². The number of hydrogen-bond donors (Lipinski definition) is 5. The summed E-state index contributed by atoms with van der Waals surface area (Å²) in [4.78, 5) is 0. The maximum atomic E-state index is 11.1. The molecule has 34 heavy (non-hydrogen) atoms. The first kappa shape index (κ1) is 26.2. The van der Waals surface area contributed by atoms with Crippen LogP contribution < -0.4 is 4.74 Å². The van der Waals surface area contributed by atoms with Gasteiger partial charge in [0.1, 0.15) is 35.9 Å². The molecule has 1 heterocycles. The molecule has 2 aromatic carbocycles. The monoisotopic (exact) mass is 472 g/mol. The summed E-state index contributed by atoms with van der Waals surface area (Å²) >= 11 is 0. The first-order valence-electron chi connectivity index (χ1n) is 11.8. The molecule has 5 atom stereocenters. The first-order valence-corrected chi connectivity index (χ1v) is 11.8. The van der Waals surface area contributed by atoms with E-state index in [9.17, 15) is 25.5 Å². The molecule has 0 aliphatic carbocycles. The molecule has 5 N–H and O–H groups in total. The van der Waals surface area contributed by atoms with Gasteiger partial charge in [-0.15, -0.1) is 0 Å². The van der Waals surface area contributed by atoms with E-state index in [1.54, 1.807) is 12.1 Å². The second kappa shape index (κ2) is 11.3. The molecule has 1 saturated heterocycles. The SMILES string of the molecule is C=C(C)c1ccc(C)cc1-c1c(O)cc(CCCCC)cc1O[C@@H]1O[C@H](CO)[C@@H](O)[C@H](O)[C@H]1O. The van der Waals surface area contributed by atoms with Crippen LogP contribution in [0.1, 0.15) is 49.8 Å². The number of aliphatic hydroxyl groups excluding tert-OH is 4. The van der Waals surface area contributed by atoms with Crippen molar-refractivity contribution >= 4 is 5.57 Å². The van der Waals surface area contributed by atoms with Crippen molar-refractivity contribution in [2.24, 2.45) is 0 Å². The highest BCUT2D eigenvalue weighted by Crippen LogP contribution is 2.43. The van der Waals surface area contributed by atoms with Crippen molar-refractivity contribution in [1.29, 1.82) is 0 Å². The fourth-order valence-corrected chi connectivity index (χ4v) is 4.27. The molecule has 0 unspecified atom stereocenters. The van der Waals surface area contributed by atoms with E-state index in [0.717, 1.165) is 47.9 Å². The Labute approximate surface area is 200 Å². The zero-order valence-electron chi connectivity index (χ0n) is 20.1. The van der Waals surface area contributed by atoms with Crippen molar-refractivity contribution in [2.75, 3.05) is 6.61 Å². The quantitative estimate of drug-likeness (QED) is 0.355. The molecule has 1 fully saturated rings. The number of rotatable bonds is 9. The van der Waals surface area contributed by atoms with Crippen molar-refractivity contribution in [3.63, 3.8) is 0 Å². The summed E-state index contributed by atoms with van der Waals surface area (Å²) in [6.45, 7) is 9.44. The lowest BCUT2D eigenvalue weighted by molar-refractivity contribution is -0.277. The minimum Gasteiger partial charge on any atom is -0.507 e. The largest absolute Gasteiger partial charge is 0.507 e. The zero-order valence-corrected chi connectivity index (χ0v) is 20.1. The summed E-state index contributed by atoms with van der Waals surface area (Å²) in [6, 6.07) is 9.34. The van der Waals surface area contributed by atoms with Gasteiger partial charge in [0.05, 0.1) is 12.2 Å². The lowest BCUT2D eigenvalue weighted by atomic mass is 9.91. The Hall–Kier alpha value is -2.42. The molecule has 1 aliphatic heterocycles. The van der Waals surface area contributed by atoms with Gasteiger partial charge < -0.3 is 35.0 Å². The predicted octanol–water partition coefficient (Wildman–Crippen LogP) is 3.31. The van der Waals surface area contributed by atoms with Crippen molar-refractivity contribution in [2.45, 2.75) is 77.2 Å². The molecule has 0 amide bonds. The highest BCUT2D eigenvalue weighted by atomic mass is 16.7. The Morgan fingerprint density at radius 3 is 2.44 bits per heavy atom. The van der Waals surface area contributed by atoms with Gasteiger partial charge in [0.2, 0.25) is 6.29 Å². The molecule has 1 aliphatic rings. The molecule has 7 heteroatoms. The fraction of sp³-hybridized carbons (Fsp3) is 0.481. The number of benzene rings is 2. The Morgan fingerprint density at radius 1 is 1.06 bits per heavy atom. The van der Waals surface area contributed by atoms with Crippen LogP contribution in [0.5, 0.6) is 11.5 Å². The molecule has 3 rings (SSSR count). The van der Waals surface area contributed by atoms with E-state index < -0.39 is 37.3 Å². The van der Waals surface area contributed by atoms with E-state index in [1.165, 1.54) is 0 Å². The van der Waals surface area contributed by atoms with Crippen LogP contribution in [0.25, 0.3) is 16.7 Å². The molecule has 0 aromatic heterocycles. The summed E-state index contributed by atoms with van der Waals surface area (Å²) in [5.41, 5.74) is 4.60. The Balaban J connectivity index is 2.10. The maximum Gasteiger partial charge on any atom is 0.229 e. The minimum atomic E-state index is -1.56. The summed E-state index contributed by atoms with van der Waals surface area (Å²) in [7, 11) is 0. The molecule has 0 saturated carbocycles. The number of hydrogen-bond acceptors (Lipinski definition) is 7. The Kier molecular flexibility index (Phi) is 8.73. The number of ether oxygens (including phenoxy) is 2. The average Bonchev–Trinajstić information content (AvgIpc) is 2.79. The van der Waals surface area contributed by atoms with Crippen molar-refractivity contribution < 1.29 is 35.0 Å². The highest BCUT2D eigenvalue weighted by molar-refractivity contribution is 5.86. The van der Waals surface area contributed by atoms with Gasteiger partial charge in [-0.05, 0) is 55.5 Å². The lowest BCUT2D eigenvalue weighted by Gasteiger charge is -2.39. The highest BCUT2D eigenvalue weighted by Gasteiger charge is 2.45. The van der Waals surface area contributed by atoms with Gasteiger partial charge in [0.25, 0.3) is 0 Å². The van der Waals surface area contributed by atoms with Crippen LogP contribution in [0.3, 0.4) is 0 Å². The first-order chi connectivity index (χ1) is 16.2. The van der Waals surface area contributed by atoms with Crippen LogP contribution in [0.15, 0.2) is 36.9 Å². The van der Waals surface area contributed by atoms with Gasteiger partial charge in [-0.3, -0.25) is 0 Å². The van der Waals surface area contributed by atoms with E-state index in [1.807, 2.05) is 32.0 Å². The molecular weight excluding hydrogens is 436 g/mol. The van der Waals surface area contributed by atoms with E-state index in [0.29, 0.717) is 11.1 Å². The number of aryl methyl sites for hydroxylation is 2. The van der Waals surface area contributed by atoms with Crippen molar-refractivity contribution in [3.05, 3.63) is 53.6 Å². The number of phenolic OH excluding ortho intramolecular Hbond substituents is 1. The molecule has 2 aromatic rings. The second-order valence-electron chi connectivity index (χ2n) is 9.09. The van der Waals surface area contributed by atoms with Crippen LogP contribution in [-0.2, 0) is 11.2 Å². The average molecular weight is 473 g/mol. The third-order valence-corrected chi connectivity index (χ3v) is 6.21. The number of unbranched alkanes of at least 4 members (excludes halogenated alkanes) is 2. The second-order valence-corrected chi connectivity index (χ2v) is 9.09. The van der Waals surface area contributed by atoms with Gasteiger partial charge in [-0.2, -0.15) is 0 Å². The third-order valence-electron chi connectivity index (χ3n) is 6.21. The Bertz CT molecular complexity index is 1000. The van der Waals surface area contributed by atoms with Gasteiger partial charge in [-0.25, -0.2) is 0 Å². The van der Waals surface area contributed by atoms with E-state index >= 15 is 0 Å². The van der Waals surface area contributed by atoms with Crippen LogP contribution in [-0.4, -0.2) is 62.8 Å². The summed E-state index contributed by atoms with van der Waals surface area (Å²) < 4.78 is 11.6. The predicted molar refractivity (Wildman–Crippen MR) is 131 cm³/mol. The molecule has 0 bridgehead atoms. The lowest BCUT2D eigenvalue weighted by Crippen LogP contribution is -2.60. The van der Waals surface area contributed by atoms with Crippen LogP contribution >= 0.6 is 0 Å². The zero-order chi connectivity index (χ0) is 25.0. The van der Waals surface area contributed by atoms with Crippen LogP contribution in [0.4, 0.5) is 0 Å². The van der Waals surface area contributed by atoms with Crippen molar-refractivity contribution in [3.8, 4) is 22.6 Å². The van der Waals surface area contributed by atoms with Crippen LogP contribution in [0.2, 0.25) is 0 Å². The third kappa shape index (κ3) is 5.62. The van der Waals surface area contributed by atoms with E-state index in [4.69, 9.17) is 9.47 Å². The van der Waals surface area contributed by atoms with E-state index in [2.05, 4.69) is 13.5 Å². The molecular formula is C27H36O7. The molecule has 0 radical (unpaired) electrons. The smallest absolute Gasteiger partial charge is 0.229 e. The summed E-state index contributed by atoms with van der Waals surface area (Å²) in [5.74, 6) is 0.283. The van der Waals surface area contributed by atoms with Gasteiger partial charge in [-0.1, -0.05) is 55.7 Å². The number of aliphatic hydroxyl groups is 4. The summed E-state index contributed by atoms with van der Waals surface area (Å²) in [5, 5.41) is 51.5.